The van der Waals surface area contributed by atoms with E-state index in [9.17, 15) is 19.5 Å². The van der Waals surface area contributed by atoms with E-state index in [-0.39, 0.29) is 37.4 Å². The molecule has 2 N–H and O–H groups in total. The Hall–Kier alpha value is -3.35. The number of carbonyl (C=O) groups is 3. The van der Waals surface area contributed by atoms with Crippen molar-refractivity contribution in [3.63, 3.8) is 0 Å². The quantitative estimate of drug-likeness (QED) is 0.568. The summed E-state index contributed by atoms with van der Waals surface area (Å²) in [6, 6.07) is 16.0. The Balaban J connectivity index is 1.38. The summed E-state index contributed by atoms with van der Waals surface area (Å²) < 4.78 is 5.63. The van der Waals surface area contributed by atoms with Crippen molar-refractivity contribution < 1.29 is 24.2 Å². The van der Waals surface area contributed by atoms with Crippen molar-refractivity contribution in [2.24, 2.45) is 5.41 Å². The molecule has 35 heavy (non-hydrogen) atoms. The van der Waals surface area contributed by atoms with E-state index in [0.717, 1.165) is 24.0 Å². The van der Waals surface area contributed by atoms with Gasteiger partial charge in [0.1, 0.15) is 6.61 Å². The third-order valence-corrected chi connectivity index (χ3v) is 7.56. The van der Waals surface area contributed by atoms with Crippen molar-refractivity contribution in [2.45, 2.75) is 57.9 Å². The van der Waals surface area contributed by atoms with Gasteiger partial charge in [0, 0.05) is 25.0 Å². The lowest BCUT2D eigenvalue weighted by Crippen LogP contribution is -2.53. The van der Waals surface area contributed by atoms with Gasteiger partial charge in [0.05, 0.1) is 11.8 Å². The number of fused-ring (bicyclic) bond motifs is 3. The number of likely N-dealkylation sites (tertiary alicyclic amines) is 1. The van der Waals surface area contributed by atoms with Crippen LogP contribution in [0.2, 0.25) is 0 Å². The van der Waals surface area contributed by atoms with Gasteiger partial charge in [0.25, 0.3) is 0 Å². The van der Waals surface area contributed by atoms with Crippen molar-refractivity contribution in [3.8, 4) is 11.1 Å². The van der Waals surface area contributed by atoms with Gasteiger partial charge in [-0.1, -0.05) is 55.5 Å². The van der Waals surface area contributed by atoms with Crippen molar-refractivity contribution in [1.82, 2.24) is 10.2 Å². The Kier molecular flexibility index (Phi) is 7.43. The van der Waals surface area contributed by atoms with Crippen LogP contribution < -0.4 is 5.32 Å². The molecule has 7 nitrogen and oxygen atoms in total. The fraction of sp³-hybridized carbons (Fsp3) is 0.464. The highest BCUT2D eigenvalue weighted by Crippen LogP contribution is 2.44. The van der Waals surface area contributed by atoms with Crippen LogP contribution in [0.3, 0.4) is 0 Å². The highest BCUT2D eigenvalue weighted by molar-refractivity contribution is 5.84. The van der Waals surface area contributed by atoms with Gasteiger partial charge in [-0.3, -0.25) is 9.59 Å². The van der Waals surface area contributed by atoms with Crippen LogP contribution in [-0.2, 0) is 14.3 Å². The lowest BCUT2D eigenvalue weighted by molar-refractivity contribution is -0.148. The predicted octanol–water partition coefficient (Wildman–Crippen LogP) is 4.80. The number of benzene rings is 2. The zero-order valence-electron chi connectivity index (χ0n) is 20.5. The number of nitrogens with one attached hydrogen (secondary N) is 1. The monoisotopic (exact) mass is 478 g/mol. The number of alkyl carbamates (subject to hydrolysis) is 1. The van der Waals surface area contributed by atoms with E-state index < -0.39 is 17.5 Å². The van der Waals surface area contributed by atoms with Crippen molar-refractivity contribution in [2.75, 3.05) is 19.7 Å². The molecule has 7 heteroatoms. The molecular weight excluding hydrogens is 444 g/mol. The van der Waals surface area contributed by atoms with E-state index in [1.165, 1.54) is 11.1 Å². The second-order valence-corrected chi connectivity index (χ2v) is 9.84. The number of rotatable bonds is 8. The van der Waals surface area contributed by atoms with Gasteiger partial charge in [-0.15, -0.1) is 0 Å². The third-order valence-electron chi connectivity index (χ3n) is 7.56. The maximum Gasteiger partial charge on any atom is 0.407 e. The molecule has 1 aliphatic heterocycles. The molecule has 4 rings (SSSR count). The molecule has 1 unspecified atom stereocenters. The summed E-state index contributed by atoms with van der Waals surface area (Å²) in [5, 5.41) is 12.1. The number of nitrogens with zero attached hydrogens (tertiary/aromatic N) is 1. The van der Waals surface area contributed by atoms with Crippen LogP contribution in [0.4, 0.5) is 4.79 Å². The SMILES string of the molecule is CCC(C)(CNC(=O)OCC1c2ccccc2-c2ccccc21)C(=O)N1CCCC[C@H]1CC(=O)O. The molecule has 0 saturated carbocycles. The van der Waals surface area contributed by atoms with Gasteiger partial charge in [0.2, 0.25) is 5.91 Å². The molecule has 1 aliphatic carbocycles. The number of aliphatic carboxylic acids is 1. The summed E-state index contributed by atoms with van der Waals surface area (Å²) >= 11 is 0. The smallest absolute Gasteiger partial charge is 0.407 e. The van der Waals surface area contributed by atoms with Crippen LogP contribution in [0.15, 0.2) is 48.5 Å². The normalized spacial score (nSPS) is 18.8. The summed E-state index contributed by atoms with van der Waals surface area (Å²) in [5.74, 6) is -1.04. The number of carbonyl (C=O) groups excluding carboxylic acids is 2. The topological polar surface area (TPSA) is 95.9 Å². The van der Waals surface area contributed by atoms with Crippen molar-refractivity contribution >= 4 is 18.0 Å². The van der Waals surface area contributed by atoms with Crippen LogP contribution in [0.5, 0.6) is 0 Å². The van der Waals surface area contributed by atoms with Crippen molar-refractivity contribution in [3.05, 3.63) is 59.7 Å². The molecule has 0 spiro atoms. The number of hydrogen-bond acceptors (Lipinski definition) is 4. The minimum atomic E-state index is -0.898. The van der Waals surface area contributed by atoms with E-state index in [1.54, 1.807) is 4.90 Å². The average Bonchev–Trinajstić information content (AvgIpc) is 3.19. The highest BCUT2D eigenvalue weighted by atomic mass is 16.5. The van der Waals surface area contributed by atoms with Gasteiger partial charge in [-0.2, -0.15) is 0 Å². The average molecular weight is 479 g/mol. The van der Waals surface area contributed by atoms with E-state index >= 15 is 0 Å². The number of amides is 2. The van der Waals surface area contributed by atoms with E-state index in [0.29, 0.717) is 19.4 Å². The molecule has 1 saturated heterocycles. The second-order valence-electron chi connectivity index (χ2n) is 9.84. The first-order valence-electron chi connectivity index (χ1n) is 12.5. The second kappa shape index (κ2) is 10.5. The Morgan fingerprint density at radius 2 is 1.69 bits per heavy atom. The van der Waals surface area contributed by atoms with E-state index in [4.69, 9.17) is 4.74 Å². The molecule has 1 heterocycles. The van der Waals surface area contributed by atoms with Crippen LogP contribution in [0.1, 0.15) is 63.0 Å². The predicted molar refractivity (Wildman–Crippen MR) is 133 cm³/mol. The zero-order chi connectivity index (χ0) is 25.0. The summed E-state index contributed by atoms with van der Waals surface area (Å²) in [5.41, 5.74) is 3.78. The van der Waals surface area contributed by atoms with Gasteiger partial charge >= 0.3 is 12.1 Å². The maximum absolute atomic E-state index is 13.4. The van der Waals surface area contributed by atoms with Gasteiger partial charge < -0.3 is 20.1 Å². The molecule has 0 bridgehead atoms. The maximum atomic E-state index is 13.4. The molecule has 0 radical (unpaired) electrons. The van der Waals surface area contributed by atoms with Crippen LogP contribution in [0, 0.1) is 5.41 Å². The summed E-state index contributed by atoms with van der Waals surface area (Å²) in [7, 11) is 0. The molecule has 1 fully saturated rings. The number of carboxylic acids is 1. The molecule has 2 aliphatic rings. The van der Waals surface area contributed by atoms with Crippen LogP contribution >= 0.6 is 0 Å². The molecule has 2 aromatic carbocycles. The molecule has 2 aromatic rings. The molecular formula is C28H34N2O5. The number of ether oxygens (including phenoxy) is 1. The largest absolute Gasteiger partial charge is 0.481 e. The molecule has 0 aromatic heterocycles. The minimum absolute atomic E-state index is 0.0301. The van der Waals surface area contributed by atoms with Gasteiger partial charge in [0.15, 0.2) is 0 Å². The summed E-state index contributed by atoms with van der Waals surface area (Å²) in [4.78, 5) is 39.1. The van der Waals surface area contributed by atoms with Gasteiger partial charge in [-0.05, 0) is 54.9 Å². The first-order valence-corrected chi connectivity index (χ1v) is 12.5. The number of hydrogen-bond donors (Lipinski definition) is 2. The molecule has 2 atom stereocenters. The first-order chi connectivity index (χ1) is 16.8. The first kappa shape index (κ1) is 24.8. The lowest BCUT2D eigenvalue weighted by atomic mass is 9.84. The standard InChI is InChI=1S/C28H34N2O5/c1-3-28(2,26(33)30-15-9-8-10-19(30)16-25(31)32)18-29-27(34)35-17-24-22-13-6-4-11-20(22)21-12-5-7-14-23(21)24/h4-7,11-14,19,24H,3,8-10,15-18H2,1-2H3,(H,29,34)(H,31,32)/t19-,28?/m0/s1. The Morgan fingerprint density at radius 3 is 2.29 bits per heavy atom. The Bertz CT molecular complexity index is 1050. The summed E-state index contributed by atoms with van der Waals surface area (Å²) in [6.07, 6.45) is 2.39. The number of carboxylic acid groups (broad SMARTS) is 1. The molecule has 186 valence electrons. The van der Waals surface area contributed by atoms with E-state index in [2.05, 4.69) is 29.6 Å². The van der Waals surface area contributed by atoms with Crippen molar-refractivity contribution in [1.29, 1.82) is 0 Å². The van der Waals surface area contributed by atoms with Crippen LogP contribution in [0.25, 0.3) is 11.1 Å². The highest BCUT2D eigenvalue weighted by Gasteiger charge is 2.40. The van der Waals surface area contributed by atoms with Gasteiger partial charge in [-0.25, -0.2) is 4.79 Å². The van der Waals surface area contributed by atoms with Crippen LogP contribution in [-0.4, -0.2) is 53.7 Å². The van der Waals surface area contributed by atoms with E-state index in [1.807, 2.05) is 38.1 Å². The fourth-order valence-corrected chi connectivity index (χ4v) is 5.30. The Labute approximate surface area is 206 Å². The zero-order valence-corrected chi connectivity index (χ0v) is 20.5. The lowest BCUT2D eigenvalue weighted by Gasteiger charge is -2.40. The fourth-order valence-electron chi connectivity index (χ4n) is 5.30. The Morgan fingerprint density at radius 1 is 1.06 bits per heavy atom. The summed E-state index contributed by atoms with van der Waals surface area (Å²) in [6.45, 7) is 4.63. The minimum Gasteiger partial charge on any atom is -0.481 e. The molecule has 2 amide bonds. The number of piperidine rings is 1. The third kappa shape index (κ3) is 5.19.